The van der Waals surface area contributed by atoms with Crippen LogP contribution in [-0.4, -0.2) is 20.2 Å². The van der Waals surface area contributed by atoms with Crippen LogP contribution in [0.4, 0.5) is 5.95 Å². The number of hydrogen-bond donors (Lipinski definition) is 1. The summed E-state index contributed by atoms with van der Waals surface area (Å²) in [6.45, 7) is 5.91. The van der Waals surface area contributed by atoms with Gasteiger partial charge in [-0.05, 0) is 46.7 Å². The normalized spacial score (nSPS) is 10.9. The second-order valence-corrected chi connectivity index (χ2v) is 6.71. The highest BCUT2D eigenvalue weighted by Crippen LogP contribution is 2.29. The lowest BCUT2D eigenvalue weighted by Gasteiger charge is -2.15. The minimum absolute atomic E-state index is 0.527. The fourth-order valence-corrected chi connectivity index (χ4v) is 3.31. The van der Waals surface area contributed by atoms with E-state index in [9.17, 15) is 0 Å². The average Bonchev–Trinajstić information content (AvgIpc) is 3.18. The van der Waals surface area contributed by atoms with Gasteiger partial charge in [0.1, 0.15) is 12.4 Å². The molecule has 6 nitrogen and oxygen atoms in total. The van der Waals surface area contributed by atoms with E-state index >= 15 is 0 Å². The van der Waals surface area contributed by atoms with E-state index in [2.05, 4.69) is 70.2 Å². The lowest BCUT2D eigenvalue weighted by atomic mass is 10.0. The first-order valence-electron chi connectivity index (χ1n) is 9.43. The van der Waals surface area contributed by atoms with Gasteiger partial charge < -0.3 is 10.1 Å². The molecule has 0 saturated heterocycles. The largest absolute Gasteiger partial charge is 0.489 e. The second kappa shape index (κ2) is 8.08. The lowest BCUT2D eigenvalue weighted by molar-refractivity contribution is 0.304. The van der Waals surface area contributed by atoms with Gasteiger partial charge in [-0.2, -0.15) is 0 Å². The number of tetrazole rings is 1. The van der Waals surface area contributed by atoms with Gasteiger partial charge in [0.25, 0.3) is 0 Å². The van der Waals surface area contributed by atoms with Crippen molar-refractivity contribution in [3.05, 3.63) is 77.4 Å². The predicted octanol–water partition coefficient (Wildman–Crippen LogP) is 4.35. The summed E-state index contributed by atoms with van der Waals surface area (Å²) in [5.74, 6) is 1.52. The minimum Gasteiger partial charge on any atom is -0.489 e. The maximum absolute atomic E-state index is 6.21. The monoisotopic (exact) mass is 373 g/mol. The summed E-state index contributed by atoms with van der Waals surface area (Å²) in [5.41, 5.74) is 3.48. The van der Waals surface area contributed by atoms with Gasteiger partial charge in [-0.25, -0.2) is 4.68 Å². The van der Waals surface area contributed by atoms with Crippen LogP contribution in [0.15, 0.2) is 60.7 Å². The SMILES string of the molecule is CCn1nnnc1NCc1c(OCc2cccc(C)c2)ccc2ccccc12. The molecule has 0 spiro atoms. The van der Waals surface area contributed by atoms with Crippen LogP contribution in [0, 0.1) is 6.92 Å². The molecule has 1 heterocycles. The molecule has 6 heteroatoms. The minimum atomic E-state index is 0.527. The van der Waals surface area contributed by atoms with Gasteiger partial charge in [0.2, 0.25) is 5.95 Å². The Bertz CT molecular complexity index is 1090. The van der Waals surface area contributed by atoms with Gasteiger partial charge in [0.05, 0.1) is 0 Å². The first-order valence-corrected chi connectivity index (χ1v) is 9.43. The molecule has 0 aliphatic rings. The number of nitrogens with one attached hydrogen (secondary N) is 1. The van der Waals surface area contributed by atoms with E-state index in [-0.39, 0.29) is 0 Å². The zero-order valence-corrected chi connectivity index (χ0v) is 16.1. The van der Waals surface area contributed by atoms with Crippen LogP contribution < -0.4 is 10.1 Å². The number of benzene rings is 3. The van der Waals surface area contributed by atoms with Gasteiger partial charge in [0, 0.05) is 18.7 Å². The van der Waals surface area contributed by atoms with Crippen molar-refractivity contribution in [2.24, 2.45) is 0 Å². The Morgan fingerprint density at radius 3 is 2.79 bits per heavy atom. The Kier molecular flexibility index (Phi) is 5.19. The zero-order valence-electron chi connectivity index (χ0n) is 16.1. The summed E-state index contributed by atoms with van der Waals surface area (Å²) in [5, 5.41) is 17.5. The third-order valence-electron chi connectivity index (χ3n) is 4.73. The van der Waals surface area contributed by atoms with Gasteiger partial charge in [0.15, 0.2) is 0 Å². The highest BCUT2D eigenvalue weighted by Gasteiger charge is 2.11. The van der Waals surface area contributed by atoms with Crippen molar-refractivity contribution in [2.75, 3.05) is 5.32 Å². The molecule has 28 heavy (non-hydrogen) atoms. The number of ether oxygens (including phenoxy) is 1. The highest BCUT2D eigenvalue weighted by molar-refractivity contribution is 5.88. The van der Waals surface area contributed by atoms with Crippen LogP contribution >= 0.6 is 0 Å². The molecule has 1 N–H and O–H groups in total. The maximum Gasteiger partial charge on any atom is 0.243 e. The number of aryl methyl sites for hydroxylation is 2. The number of hydrogen-bond acceptors (Lipinski definition) is 5. The summed E-state index contributed by atoms with van der Waals surface area (Å²) in [6, 6.07) is 20.8. The Morgan fingerprint density at radius 1 is 1.04 bits per heavy atom. The number of rotatable bonds is 7. The van der Waals surface area contributed by atoms with Crippen molar-refractivity contribution >= 4 is 16.7 Å². The summed E-state index contributed by atoms with van der Waals surface area (Å²) in [4.78, 5) is 0. The van der Waals surface area contributed by atoms with Crippen LogP contribution in [0.1, 0.15) is 23.6 Å². The number of nitrogens with zero attached hydrogens (tertiary/aromatic N) is 4. The lowest BCUT2D eigenvalue weighted by Crippen LogP contribution is -2.09. The fraction of sp³-hybridized carbons (Fsp3) is 0.227. The number of aromatic nitrogens is 4. The quantitative estimate of drug-likeness (QED) is 0.522. The van der Waals surface area contributed by atoms with Crippen LogP contribution in [0.25, 0.3) is 10.8 Å². The smallest absolute Gasteiger partial charge is 0.243 e. The van der Waals surface area contributed by atoms with E-state index in [1.165, 1.54) is 10.9 Å². The second-order valence-electron chi connectivity index (χ2n) is 6.71. The number of fused-ring (bicyclic) bond motifs is 1. The van der Waals surface area contributed by atoms with Gasteiger partial charge >= 0.3 is 0 Å². The Hall–Kier alpha value is -3.41. The van der Waals surface area contributed by atoms with Crippen molar-refractivity contribution in [3.8, 4) is 5.75 Å². The first-order chi connectivity index (χ1) is 13.7. The predicted molar refractivity (Wildman–Crippen MR) is 110 cm³/mol. The van der Waals surface area contributed by atoms with E-state index in [4.69, 9.17) is 4.74 Å². The first kappa shape index (κ1) is 18.0. The molecule has 0 aliphatic carbocycles. The van der Waals surface area contributed by atoms with Crippen LogP contribution in [0.3, 0.4) is 0 Å². The van der Waals surface area contributed by atoms with Crippen molar-refractivity contribution in [1.82, 2.24) is 20.2 Å². The Balaban J connectivity index is 1.62. The third kappa shape index (κ3) is 3.81. The molecule has 0 bridgehead atoms. The van der Waals surface area contributed by atoms with Crippen LogP contribution in [-0.2, 0) is 19.7 Å². The molecule has 1 aromatic heterocycles. The van der Waals surface area contributed by atoms with E-state index in [0.717, 1.165) is 22.3 Å². The molecule has 0 fully saturated rings. The summed E-state index contributed by atoms with van der Waals surface area (Å²) in [7, 11) is 0. The third-order valence-corrected chi connectivity index (χ3v) is 4.73. The molecule has 0 aliphatic heterocycles. The van der Waals surface area contributed by atoms with Crippen LogP contribution in [0.2, 0.25) is 0 Å². The van der Waals surface area contributed by atoms with Gasteiger partial charge in [-0.15, -0.1) is 0 Å². The van der Waals surface area contributed by atoms with E-state index in [1.807, 2.05) is 25.1 Å². The van der Waals surface area contributed by atoms with E-state index < -0.39 is 0 Å². The molecule has 142 valence electrons. The molecule has 4 rings (SSSR count). The van der Waals surface area contributed by atoms with Crippen molar-refractivity contribution < 1.29 is 4.74 Å². The molecular formula is C22H23N5O. The average molecular weight is 373 g/mol. The highest BCUT2D eigenvalue weighted by atomic mass is 16.5. The van der Waals surface area contributed by atoms with Crippen LogP contribution in [0.5, 0.6) is 5.75 Å². The van der Waals surface area contributed by atoms with Crippen molar-refractivity contribution in [2.45, 2.75) is 33.5 Å². The Morgan fingerprint density at radius 2 is 1.93 bits per heavy atom. The topological polar surface area (TPSA) is 64.9 Å². The fourth-order valence-electron chi connectivity index (χ4n) is 3.31. The van der Waals surface area contributed by atoms with Crippen molar-refractivity contribution in [1.29, 1.82) is 0 Å². The van der Waals surface area contributed by atoms with Gasteiger partial charge in [-0.3, -0.25) is 0 Å². The molecular weight excluding hydrogens is 350 g/mol. The van der Waals surface area contributed by atoms with E-state index in [1.54, 1.807) is 4.68 Å². The standard InChI is InChI=1S/C22H23N5O/c1-3-27-22(24-25-26-27)23-14-20-19-10-5-4-9-18(19)11-12-21(20)28-15-17-8-6-7-16(2)13-17/h4-13H,3,14-15H2,1-2H3,(H,23,24,26). The van der Waals surface area contributed by atoms with Crippen molar-refractivity contribution in [3.63, 3.8) is 0 Å². The molecule has 0 radical (unpaired) electrons. The summed E-state index contributed by atoms with van der Waals surface area (Å²) < 4.78 is 7.95. The molecule has 3 aromatic carbocycles. The van der Waals surface area contributed by atoms with Gasteiger partial charge in [-0.1, -0.05) is 65.3 Å². The maximum atomic E-state index is 6.21. The molecule has 0 saturated carbocycles. The molecule has 4 aromatic rings. The Labute approximate surface area is 164 Å². The summed E-state index contributed by atoms with van der Waals surface area (Å²) >= 11 is 0. The molecule has 0 unspecified atom stereocenters. The molecule has 0 amide bonds. The number of anilines is 1. The summed E-state index contributed by atoms with van der Waals surface area (Å²) in [6.07, 6.45) is 0. The van der Waals surface area contributed by atoms with E-state index in [0.29, 0.717) is 25.6 Å². The molecule has 0 atom stereocenters. The zero-order chi connectivity index (χ0) is 19.3.